The van der Waals surface area contributed by atoms with Gasteiger partial charge in [0.2, 0.25) is 0 Å². The van der Waals surface area contributed by atoms with Crippen LogP contribution in [0, 0.1) is 6.92 Å². The Labute approximate surface area is 348 Å². The first kappa shape index (κ1) is 36.3. The highest BCUT2D eigenvalue weighted by atomic mass is 19.4. The van der Waals surface area contributed by atoms with E-state index >= 15 is 0 Å². The van der Waals surface area contributed by atoms with Crippen molar-refractivity contribution in [3.05, 3.63) is 199 Å². The Morgan fingerprint density at radius 3 is 1.57 bits per heavy atom. The third kappa shape index (κ3) is 6.23. The molecule has 5 nitrogen and oxygen atoms in total. The maximum absolute atomic E-state index is 14.4. The van der Waals surface area contributed by atoms with Crippen LogP contribution in [0.25, 0.3) is 100 Å². The van der Waals surface area contributed by atoms with E-state index < -0.39 is 11.7 Å². The SMILES string of the molecule is Cc1ccc2c3ccc(C(F)(F)F)cc3n(-c3ccc(-c4ccc5c6ccccc6n(-c6ccccc6)c5c4)cc3-c3nc(-c4ccccc4)nc(-c4ccccc4)n3)c2c1. The number of halogens is 3. The van der Waals surface area contributed by atoms with Crippen molar-refractivity contribution in [3.8, 4) is 56.7 Å². The Morgan fingerprint density at radius 2 is 0.902 bits per heavy atom. The zero-order valence-electron chi connectivity index (χ0n) is 32.8. The lowest BCUT2D eigenvalue weighted by Crippen LogP contribution is -2.06. The van der Waals surface area contributed by atoms with E-state index in [-0.39, 0.29) is 0 Å². The summed E-state index contributed by atoms with van der Waals surface area (Å²) >= 11 is 0. The highest BCUT2D eigenvalue weighted by Gasteiger charge is 2.32. The lowest BCUT2D eigenvalue weighted by molar-refractivity contribution is -0.137. The molecular weight excluding hydrogens is 764 g/mol. The van der Waals surface area contributed by atoms with Crippen LogP contribution in [0.1, 0.15) is 11.1 Å². The summed E-state index contributed by atoms with van der Waals surface area (Å²) in [5.74, 6) is 1.35. The number of aromatic nitrogens is 5. The van der Waals surface area contributed by atoms with Crippen LogP contribution in [0.15, 0.2) is 188 Å². The molecule has 0 aliphatic heterocycles. The van der Waals surface area contributed by atoms with Crippen molar-refractivity contribution < 1.29 is 13.2 Å². The van der Waals surface area contributed by atoms with Crippen LogP contribution >= 0.6 is 0 Å². The lowest BCUT2D eigenvalue weighted by Gasteiger charge is -2.17. The second-order valence-corrected chi connectivity index (χ2v) is 15.3. The first-order valence-corrected chi connectivity index (χ1v) is 20.0. The van der Waals surface area contributed by atoms with Gasteiger partial charge in [-0.05, 0) is 78.2 Å². The third-order valence-electron chi connectivity index (χ3n) is 11.4. The molecule has 0 atom stereocenters. The maximum atomic E-state index is 14.4. The Morgan fingerprint density at radius 1 is 0.393 bits per heavy atom. The largest absolute Gasteiger partial charge is 0.416 e. The van der Waals surface area contributed by atoms with Crippen molar-refractivity contribution in [2.24, 2.45) is 0 Å². The van der Waals surface area contributed by atoms with Gasteiger partial charge in [0.1, 0.15) is 0 Å². The first-order chi connectivity index (χ1) is 29.8. The van der Waals surface area contributed by atoms with Crippen molar-refractivity contribution in [1.82, 2.24) is 24.1 Å². The van der Waals surface area contributed by atoms with Crippen LogP contribution in [0.4, 0.5) is 13.2 Å². The average Bonchev–Trinajstić information content (AvgIpc) is 3.80. The number of hydrogen-bond donors (Lipinski definition) is 0. The molecule has 8 aromatic carbocycles. The predicted octanol–water partition coefficient (Wildman–Crippen LogP) is 14.1. The third-order valence-corrected chi connectivity index (χ3v) is 11.4. The van der Waals surface area contributed by atoms with Gasteiger partial charge in [-0.25, -0.2) is 15.0 Å². The molecule has 11 aromatic rings. The Kier molecular flexibility index (Phi) is 8.42. The van der Waals surface area contributed by atoms with Gasteiger partial charge in [-0.15, -0.1) is 0 Å². The number of rotatable bonds is 6. The summed E-state index contributed by atoms with van der Waals surface area (Å²) in [4.78, 5) is 15.3. The molecule has 0 saturated carbocycles. The number of para-hydroxylation sites is 2. The molecule has 292 valence electrons. The minimum atomic E-state index is -4.54. The molecule has 0 aliphatic carbocycles. The summed E-state index contributed by atoms with van der Waals surface area (Å²) in [5, 5.41) is 3.83. The monoisotopic (exact) mass is 797 g/mol. The van der Waals surface area contributed by atoms with E-state index in [2.05, 4.69) is 65.2 Å². The van der Waals surface area contributed by atoms with Gasteiger partial charge in [-0.1, -0.05) is 133 Å². The van der Waals surface area contributed by atoms with Crippen LogP contribution in [0.5, 0.6) is 0 Å². The summed E-state index contributed by atoms with van der Waals surface area (Å²) in [6, 6.07) is 60.8. The fourth-order valence-corrected chi connectivity index (χ4v) is 8.59. The minimum absolute atomic E-state index is 0.388. The number of fused-ring (bicyclic) bond motifs is 6. The minimum Gasteiger partial charge on any atom is -0.309 e. The van der Waals surface area contributed by atoms with Crippen molar-refractivity contribution in [3.63, 3.8) is 0 Å². The van der Waals surface area contributed by atoms with Crippen molar-refractivity contribution >= 4 is 43.6 Å². The fraction of sp³-hybridized carbons (Fsp3) is 0.0377. The van der Waals surface area contributed by atoms with Gasteiger partial charge in [-0.2, -0.15) is 13.2 Å². The zero-order valence-corrected chi connectivity index (χ0v) is 32.8. The molecule has 0 bridgehead atoms. The van der Waals surface area contributed by atoms with Gasteiger partial charge >= 0.3 is 6.18 Å². The number of hydrogen-bond acceptors (Lipinski definition) is 3. The number of benzene rings is 8. The average molecular weight is 798 g/mol. The summed E-state index contributed by atoms with van der Waals surface area (Å²) in [6.45, 7) is 1.99. The van der Waals surface area contributed by atoms with Crippen LogP contribution < -0.4 is 0 Å². The molecule has 0 radical (unpaired) electrons. The molecule has 8 heteroatoms. The van der Waals surface area contributed by atoms with Gasteiger partial charge in [-0.3, -0.25) is 0 Å². The molecule has 0 saturated heterocycles. The van der Waals surface area contributed by atoms with E-state index in [9.17, 15) is 13.2 Å². The van der Waals surface area contributed by atoms with E-state index in [0.717, 1.165) is 72.3 Å². The van der Waals surface area contributed by atoms with Crippen LogP contribution in [0.3, 0.4) is 0 Å². The highest BCUT2D eigenvalue weighted by Crippen LogP contribution is 2.42. The fourth-order valence-electron chi connectivity index (χ4n) is 8.59. The number of alkyl halides is 3. The van der Waals surface area contributed by atoms with Gasteiger partial charge < -0.3 is 9.13 Å². The predicted molar refractivity (Wildman–Crippen MR) is 240 cm³/mol. The summed E-state index contributed by atoms with van der Waals surface area (Å²) in [5.41, 5.74) is 9.39. The van der Waals surface area contributed by atoms with E-state index in [0.29, 0.717) is 39.6 Å². The van der Waals surface area contributed by atoms with Crippen molar-refractivity contribution in [1.29, 1.82) is 0 Å². The van der Waals surface area contributed by atoms with Crippen LogP contribution in [-0.2, 0) is 6.18 Å². The topological polar surface area (TPSA) is 48.5 Å². The van der Waals surface area contributed by atoms with Gasteiger partial charge in [0.25, 0.3) is 0 Å². The molecule has 0 fully saturated rings. The lowest BCUT2D eigenvalue weighted by atomic mass is 9.99. The molecule has 0 N–H and O–H groups in total. The summed E-state index contributed by atoms with van der Waals surface area (Å²) in [7, 11) is 0. The van der Waals surface area contributed by atoms with E-state index in [1.54, 1.807) is 6.07 Å². The molecule has 0 spiro atoms. The second-order valence-electron chi connectivity index (χ2n) is 15.3. The molecular formula is C53H34F3N5. The summed E-state index contributed by atoms with van der Waals surface area (Å²) < 4.78 is 47.5. The van der Waals surface area contributed by atoms with Crippen LogP contribution in [0.2, 0.25) is 0 Å². The summed E-state index contributed by atoms with van der Waals surface area (Å²) in [6.07, 6.45) is -4.54. The Bertz CT molecular complexity index is 3400. The number of aryl methyl sites for hydroxylation is 1. The second kappa shape index (κ2) is 14.2. The molecule has 0 unspecified atom stereocenters. The smallest absolute Gasteiger partial charge is 0.309 e. The van der Waals surface area contributed by atoms with Gasteiger partial charge in [0, 0.05) is 43.9 Å². The van der Waals surface area contributed by atoms with E-state index in [1.807, 2.05) is 121 Å². The zero-order chi connectivity index (χ0) is 41.2. The quantitative estimate of drug-likeness (QED) is 0.168. The maximum Gasteiger partial charge on any atom is 0.416 e. The first-order valence-electron chi connectivity index (χ1n) is 20.0. The molecule has 0 aliphatic rings. The Balaban J connectivity index is 1.22. The molecule has 11 rings (SSSR count). The van der Waals surface area contributed by atoms with E-state index in [4.69, 9.17) is 15.0 Å². The van der Waals surface area contributed by atoms with Gasteiger partial charge in [0.05, 0.1) is 33.3 Å². The Hall–Kier alpha value is -7.84. The normalized spacial score (nSPS) is 11.9. The highest BCUT2D eigenvalue weighted by molar-refractivity contribution is 6.11. The van der Waals surface area contributed by atoms with Crippen molar-refractivity contribution in [2.45, 2.75) is 13.1 Å². The van der Waals surface area contributed by atoms with Crippen LogP contribution in [-0.4, -0.2) is 24.1 Å². The molecule has 0 amide bonds. The van der Waals surface area contributed by atoms with E-state index in [1.165, 1.54) is 6.07 Å². The van der Waals surface area contributed by atoms with Crippen molar-refractivity contribution in [2.75, 3.05) is 0 Å². The molecule has 3 aromatic heterocycles. The molecule has 3 heterocycles. The molecule has 61 heavy (non-hydrogen) atoms. The standard InChI is InChI=1S/C53H34F3N5/c1-33-21-25-41-43-27-24-38(53(54,55)56)32-49(43)61(47(41)29-33)46-28-23-36(37-22-26-42-40-19-11-12-20-45(40)60(48(42)31-37)39-17-9-4-10-18-39)30-44(46)52-58-50(34-13-5-2-6-14-34)57-51(59-52)35-15-7-3-8-16-35/h2-32H,1H3. The van der Waals surface area contributed by atoms with Gasteiger partial charge in [0.15, 0.2) is 17.5 Å². The number of nitrogens with zero attached hydrogens (tertiary/aromatic N) is 5.